The summed E-state index contributed by atoms with van der Waals surface area (Å²) in [5, 5.41) is 9.09. The quantitative estimate of drug-likeness (QED) is 0.387. The van der Waals surface area contributed by atoms with E-state index >= 15 is 0 Å². The summed E-state index contributed by atoms with van der Waals surface area (Å²) >= 11 is 0. The van der Waals surface area contributed by atoms with Gasteiger partial charge >= 0.3 is 5.97 Å². The zero-order chi connectivity index (χ0) is 22.3. The predicted octanol–water partition coefficient (Wildman–Crippen LogP) is 5.74. The van der Waals surface area contributed by atoms with Crippen LogP contribution in [-0.4, -0.2) is 16.1 Å². The van der Waals surface area contributed by atoms with Gasteiger partial charge in [0, 0.05) is 11.6 Å². The van der Waals surface area contributed by atoms with E-state index in [-0.39, 0.29) is 12.5 Å². The van der Waals surface area contributed by atoms with Crippen molar-refractivity contribution < 1.29 is 23.8 Å². The van der Waals surface area contributed by atoms with Crippen molar-refractivity contribution in [2.45, 2.75) is 13.2 Å². The van der Waals surface area contributed by atoms with Crippen LogP contribution in [0.5, 0.6) is 11.8 Å². The van der Waals surface area contributed by atoms with E-state index in [1.54, 1.807) is 12.1 Å². The number of carboxylic acid groups (broad SMARTS) is 1. The molecule has 0 bridgehead atoms. The van der Waals surface area contributed by atoms with Crippen molar-refractivity contribution in [3.63, 3.8) is 0 Å². The lowest BCUT2D eigenvalue weighted by molar-refractivity contribution is 0.0692. The second kappa shape index (κ2) is 9.75. The third-order valence-electron chi connectivity index (χ3n) is 4.79. The molecule has 0 amide bonds. The lowest BCUT2D eigenvalue weighted by Crippen LogP contribution is -2.03. The number of hydrogen-bond donors (Lipinski definition) is 1. The van der Waals surface area contributed by atoms with E-state index in [0.29, 0.717) is 23.6 Å². The molecular formula is C26H20FNO4. The molecule has 1 N–H and O–H groups in total. The van der Waals surface area contributed by atoms with Crippen molar-refractivity contribution in [1.82, 2.24) is 4.98 Å². The molecule has 0 atom stereocenters. The normalized spacial score (nSPS) is 10.5. The zero-order valence-corrected chi connectivity index (χ0v) is 17.1. The van der Waals surface area contributed by atoms with Gasteiger partial charge in [-0.05, 0) is 34.9 Å². The monoisotopic (exact) mass is 429 g/mol. The number of carbonyl (C=O) groups is 1. The van der Waals surface area contributed by atoms with E-state index in [9.17, 15) is 9.18 Å². The van der Waals surface area contributed by atoms with Crippen molar-refractivity contribution >= 4 is 5.97 Å². The summed E-state index contributed by atoms with van der Waals surface area (Å²) < 4.78 is 26.1. The van der Waals surface area contributed by atoms with Crippen LogP contribution < -0.4 is 9.47 Å². The Kier molecular flexibility index (Phi) is 6.41. The number of halogens is 1. The van der Waals surface area contributed by atoms with Gasteiger partial charge in [0.25, 0.3) is 0 Å². The van der Waals surface area contributed by atoms with E-state index < -0.39 is 17.3 Å². The molecule has 5 nitrogen and oxygen atoms in total. The van der Waals surface area contributed by atoms with Crippen LogP contribution in [0.15, 0.2) is 91.0 Å². The zero-order valence-electron chi connectivity index (χ0n) is 17.1. The van der Waals surface area contributed by atoms with E-state index in [1.807, 2.05) is 60.7 Å². The fourth-order valence-electron chi connectivity index (χ4n) is 3.15. The maximum Gasteiger partial charge on any atom is 0.338 e. The van der Waals surface area contributed by atoms with Crippen LogP contribution in [0.3, 0.4) is 0 Å². The van der Waals surface area contributed by atoms with E-state index in [1.165, 1.54) is 18.2 Å². The van der Waals surface area contributed by atoms with Gasteiger partial charge in [-0.2, -0.15) is 4.98 Å². The summed E-state index contributed by atoms with van der Waals surface area (Å²) in [5.74, 6) is -1.52. The molecule has 1 heterocycles. The molecule has 0 spiro atoms. The van der Waals surface area contributed by atoms with Gasteiger partial charge < -0.3 is 14.6 Å². The van der Waals surface area contributed by atoms with Gasteiger partial charge in [0.1, 0.15) is 19.0 Å². The molecule has 6 heteroatoms. The lowest BCUT2D eigenvalue weighted by atomic mass is 10.0. The van der Waals surface area contributed by atoms with E-state index in [0.717, 1.165) is 11.1 Å². The summed E-state index contributed by atoms with van der Waals surface area (Å²) in [4.78, 5) is 15.6. The minimum Gasteiger partial charge on any atom is -0.478 e. The predicted molar refractivity (Wildman–Crippen MR) is 118 cm³/mol. The number of benzene rings is 3. The molecule has 0 saturated heterocycles. The highest BCUT2D eigenvalue weighted by molar-refractivity contribution is 5.88. The molecule has 160 valence electrons. The number of aromatic carboxylic acids is 1. The first-order chi connectivity index (χ1) is 15.6. The van der Waals surface area contributed by atoms with Crippen molar-refractivity contribution in [2.75, 3.05) is 0 Å². The summed E-state index contributed by atoms with van der Waals surface area (Å²) in [6.07, 6.45) is 0. The van der Waals surface area contributed by atoms with Gasteiger partial charge in [0.05, 0.1) is 5.56 Å². The van der Waals surface area contributed by atoms with Gasteiger partial charge in [-0.15, -0.1) is 0 Å². The standard InChI is InChI=1S/C26H20FNO4/c27-23-15-20(11-12-22(23)26(29)30)21-13-14-24(31-16-18-7-3-1-4-8-18)28-25(21)32-17-19-9-5-2-6-10-19/h1-15H,16-17H2,(H,29,30). The second-order valence-corrected chi connectivity index (χ2v) is 7.05. The molecule has 4 rings (SSSR count). The molecule has 0 saturated carbocycles. The highest BCUT2D eigenvalue weighted by atomic mass is 19.1. The number of aromatic nitrogens is 1. The number of hydrogen-bond acceptors (Lipinski definition) is 4. The topological polar surface area (TPSA) is 68.7 Å². The first kappa shape index (κ1) is 21.1. The van der Waals surface area contributed by atoms with Crippen LogP contribution in [0.4, 0.5) is 4.39 Å². The van der Waals surface area contributed by atoms with Gasteiger partial charge in [-0.3, -0.25) is 0 Å². The van der Waals surface area contributed by atoms with Gasteiger partial charge in [0.15, 0.2) is 0 Å². The Hall–Kier alpha value is -4.19. The molecule has 0 unspecified atom stereocenters. The molecule has 3 aromatic carbocycles. The highest BCUT2D eigenvalue weighted by Crippen LogP contribution is 2.32. The largest absolute Gasteiger partial charge is 0.478 e. The molecule has 0 fully saturated rings. The van der Waals surface area contributed by atoms with Gasteiger partial charge in [0.2, 0.25) is 11.8 Å². The fourth-order valence-corrected chi connectivity index (χ4v) is 3.15. The number of ether oxygens (including phenoxy) is 2. The van der Waals surface area contributed by atoms with E-state index in [4.69, 9.17) is 14.6 Å². The number of carboxylic acids is 1. The summed E-state index contributed by atoms with van der Waals surface area (Å²) in [6.45, 7) is 0.603. The molecule has 0 aliphatic carbocycles. The highest BCUT2D eigenvalue weighted by Gasteiger charge is 2.15. The minimum atomic E-state index is -1.32. The molecule has 32 heavy (non-hydrogen) atoms. The Morgan fingerprint density at radius 2 is 1.44 bits per heavy atom. The Labute approximate surface area is 184 Å². The SMILES string of the molecule is O=C(O)c1ccc(-c2ccc(OCc3ccccc3)nc2OCc2ccccc2)cc1F. The average molecular weight is 429 g/mol. The Bertz CT molecular complexity index is 1210. The molecule has 0 radical (unpaired) electrons. The second-order valence-electron chi connectivity index (χ2n) is 7.05. The Morgan fingerprint density at radius 3 is 2.03 bits per heavy atom. The first-order valence-corrected chi connectivity index (χ1v) is 9.98. The third-order valence-corrected chi connectivity index (χ3v) is 4.79. The lowest BCUT2D eigenvalue weighted by Gasteiger charge is -2.14. The van der Waals surface area contributed by atoms with Gasteiger partial charge in [-0.1, -0.05) is 66.7 Å². The maximum absolute atomic E-state index is 14.3. The fraction of sp³-hybridized carbons (Fsp3) is 0.0769. The minimum absolute atomic E-state index is 0.263. The van der Waals surface area contributed by atoms with Crippen LogP contribution in [0, 0.1) is 5.82 Å². The van der Waals surface area contributed by atoms with E-state index in [2.05, 4.69) is 4.98 Å². The molecule has 4 aromatic rings. The molecule has 1 aromatic heterocycles. The summed E-state index contributed by atoms with van der Waals surface area (Å²) in [5.41, 5.74) is 2.54. The van der Waals surface area contributed by atoms with Crippen molar-refractivity contribution in [3.05, 3.63) is 114 Å². The van der Waals surface area contributed by atoms with Crippen LogP contribution in [0.2, 0.25) is 0 Å². The maximum atomic E-state index is 14.3. The third kappa shape index (κ3) is 5.10. The van der Waals surface area contributed by atoms with Crippen LogP contribution in [0.1, 0.15) is 21.5 Å². The Morgan fingerprint density at radius 1 is 0.812 bits per heavy atom. The molecule has 0 aliphatic rings. The summed E-state index contributed by atoms with van der Waals surface area (Å²) in [7, 11) is 0. The van der Waals surface area contributed by atoms with Gasteiger partial charge in [-0.25, -0.2) is 9.18 Å². The molecular weight excluding hydrogens is 409 g/mol. The number of nitrogens with zero attached hydrogens (tertiary/aromatic N) is 1. The van der Waals surface area contributed by atoms with Crippen LogP contribution in [-0.2, 0) is 13.2 Å². The first-order valence-electron chi connectivity index (χ1n) is 9.98. The smallest absolute Gasteiger partial charge is 0.338 e. The van der Waals surface area contributed by atoms with Crippen molar-refractivity contribution in [1.29, 1.82) is 0 Å². The van der Waals surface area contributed by atoms with Crippen LogP contribution >= 0.6 is 0 Å². The average Bonchev–Trinajstić information content (AvgIpc) is 2.82. The molecule has 0 aliphatic heterocycles. The van der Waals surface area contributed by atoms with Crippen LogP contribution in [0.25, 0.3) is 11.1 Å². The summed E-state index contributed by atoms with van der Waals surface area (Å²) in [6, 6.07) is 26.6. The van der Waals surface area contributed by atoms with Crippen molar-refractivity contribution in [3.8, 4) is 22.9 Å². The Balaban J connectivity index is 1.63. The van der Waals surface area contributed by atoms with Crippen molar-refractivity contribution in [2.24, 2.45) is 0 Å². The number of rotatable bonds is 8. The number of pyridine rings is 1.